The molecule has 0 amide bonds. The molecular weight excluding hydrogens is 152 g/mol. The molecule has 0 aliphatic carbocycles. The van der Waals surface area contributed by atoms with Crippen LogP contribution >= 0.6 is 0 Å². The van der Waals surface area contributed by atoms with Crippen LogP contribution in [0.1, 0.15) is 41.0 Å². The van der Waals surface area contributed by atoms with E-state index < -0.39 is 5.41 Å². The molecule has 0 aliphatic heterocycles. The third-order valence-corrected chi connectivity index (χ3v) is 1.51. The van der Waals surface area contributed by atoms with Crippen LogP contribution in [0.5, 0.6) is 0 Å². The Bertz CT molecular complexity index is 185. The summed E-state index contributed by atoms with van der Waals surface area (Å²) >= 11 is 0. The van der Waals surface area contributed by atoms with Crippen molar-refractivity contribution in [3.05, 3.63) is 11.8 Å². The predicted octanol–water partition coefficient (Wildman–Crippen LogP) is 2.89. The fourth-order valence-corrected chi connectivity index (χ4v) is 0.607. The Morgan fingerprint density at radius 3 is 2.17 bits per heavy atom. The minimum atomic E-state index is -0.413. The summed E-state index contributed by atoms with van der Waals surface area (Å²) in [7, 11) is 0. The van der Waals surface area contributed by atoms with Crippen LogP contribution in [0.25, 0.3) is 0 Å². The van der Waals surface area contributed by atoms with Crippen molar-refractivity contribution in [2.45, 2.75) is 41.0 Å². The van der Waals surface area contributed by atoms with E-state index in [4.69, 9.17) is 4.74 Å². The maximum atomic E-state index is 11.3. The van der Waals surface area contributed by atoms with E-state index in [9.17, 15) is 4.79 Å². The Kier molecular flexibility index (Phi) is 4.01. The van der Waals surface area contributed by atoms with E-state index in [1.165, 1.54) is 0 Å². The van der Waals surface area contributed by atoms with Crippen LogP contribution in [0.3, 0.4) is 0 Å². The molecule has 12 heavy (non-hydrogen) atoms. The van der Waals surface area contributed by atoms with Gasteiger partial charge in [0.25, 0.3) is 0 Å². The molecule has 0 saturated heterocycles. The first-order valence-electron chi connectivity index (χ1n) is 4.29. The second-order valence-electron chi connectivity index (χ2n) is 3.75. The van der Waals surface area contributed by atoms with Crippen molar-refractivity contribution >= 4 is 5.97 Å². The van der Waals surface area contributed by atoms with E-state index in [1.807, 2.05) is 40.7 Å². The van der Waals surface area contributed by atoms with Crippen molar-refractivity contribution in [2.75, 3.05) is 0 Å². The van der Waals surface area contributed by atoms with E-state index in [0.717, 1.165) is 12.2 Å². The third kappa shape index (κ3) is 3.56. The van der Waals surface area contributed by atoms with Crippen LogP contribution in [0, 0.1) is 5.41 Å². The van der Waals surface area contributed by atoms with Crippen molar-refractivity contribution in [1.82, 2.24) is 0 Å². The number of ether oxygens (including phenoxy) is 1. The lowest BCUT2D eigenvalue weighted by atomic mass is 9.97. The number of hydrogen-bond acceptors (Lipinski definition) is 2. The van der Waals surface area contributed by atoms with Crippen molar-refractivity contribution in [1.29, 1.82) is 0 Å². The van der Waals surface area contributed by atoms with Crippen LogP contribution in [-0.2, 0) is 9.53 Å². The van der Waals surface area contributed by atoms with E-state index in [2.05, 4.69) is 0 Å². The van der Waals surface area contributed by atoms with Gasteiger partial charge >= 0.3 is 5.97 Å². The maximum absolute atomic E-state index is 11.3. The number of hydrogen-bond donors (Lipinski definition) is 0. The molecule has 2 heteroatoms. The van der Waals surface area contributed by atoms with Gasteiger partial charge in [-0.3, -0.25) is 4.79 Å². The summed E-state index contributed by atoms with van der Waals surface area (Å²) in [5.74, 6) is 0.576. The lowest BCUT2D eigenvalue weighted by molar-refractivity contribution is -0.148. The van der Waals surface area contributed by atoms with E-state index >= 15 is 0 Å². The quantitative estimate of drug-likeness (QED) is 0.470. The molecule has 0 unspecified atom stereocenters. The lowest BCUT2D eigenvalue weighted by Crippen LogP contribution is -2.22. The number of esters is 1. The van der Waals surface area contributed by atoms with Crippen LogP contribution in [0.4, 0.5) is 0 Å². The van der Waals surface area contributed by atoms with Gasteiger partial charge in [-0.2, -0.15) is 0 Å². The van der Waals surface area contributed by atoms with Gasteiger partial charge in [0.15, 0.2) is 0 Å². The fourth-order valence-electron chi connectivity index (χ4n) is 0.607. The summed E-state index contributed by atoms with van der Waals surface area (Å²) in [6.45, 7) is 9.37. The smallest absolute Gasteiger partial charge is 0.316 e. The second-order valence-corrected chi connectivity index (χ2v) is 3.75. The number of allylic oxidation sites excluding steroid dienone is 2. The topological polar surface area (TPSA) is 26.3 Å². The maximum Gasteiger partial charge on any atom is 0.316 e. The minimum Gasteiger partial charge on any atom is -0.431 e. The number of carbonyl (C=O) groups is 1. The van der Waals surface area contributed by atoms with Gasteiger partial charge in [-0.25, -0.2) is 0 Å². The summed E-state index contributed by atoms with van der Waals surface area (Å²) in [6, 6.07) is 0. The van der Waals surface area contributed by atoms with Gasteiger partial charge in [-0.15, -0.1) is 0 Å². The number of carbonyl (C=O) groups excluding carboxylic acids is 1. The van der Waals surface area contributed by atoms with E-state index in [1.54, 1.807) is 0 Å². The molecule has 0 heterocycles. The molecular formula is C10H18O2. The highest BCUT2D eigenvalue weighted by atomic mass is 16.5. The molecule has 0 aliphatic rings. The monoisotopic (exact) mass is 170 g/mol. The Morgan fingerprint density at radius 2 is 1.92 bits per heavy atom. The Balaban J connectivity index is 4.19. The van der Waals surface area contributed by atoms with Crippen molar-refractivity contribution in [3.8, 4) is 0 Å². The first kappa shape index (κ1) is 11.2. The summed E-state index contributed by atoms with van der Waals surface area (Å²) in [6.07, 6.45) is 2.59. The zero-order valence-corrected chi connectivity index (χ0v) is 8.60. The predicted molar refractivity (Wildman–Crippen MR) is 49.6 cm³/mol. The van der Waals surface area contributed by atoms with Gasteiger partial charge in [-0.05, 0) is 33.8 Å². The highest BCUT2D eigenvalue weighted by Gasteiger charge is 2.23. The van der Waals surface area contributed by atoms with Gasteiger partial charge < -0.3 is 4.74 Å². The average molecular weight is 170 g/mol. The van der Waals surface area contributed by atoms with Crippen LogP contribution in [0.15, 0.2) is 11.8 Å². The van der Waals surface area contributed by atoms with E-state index in [0.29, 0.717) is 0 Å². The largest absolute Gasteiger partial charge is 0.431 e. The Labute approximate surface area is 74.6 Å². The molecule has 0 fully saturated rings. The first-order valence-corrected chi connectivity index (χ1v) is 4.29. The summed E-state index contributed by atoms with van der Waals surface area (Å²) < 4.78 is 5.14. The van der Waals surface area contributed by atoms with Gasteiger partial charge in [0.1, 0.15) is 5.76 Å². The summed E-state index contributed by atoms with van der Waals surface area (Å²) in [4.78, 5) is 11.3. The van der Waals surface area contributed by atoms with Gasteiger partial charge in [0.2, 0.25) is 0 Å². The lowest BCUT2D eigenvalue weighted by Gasteiger charge is -2.17. The second kappa shape index (κ2) is 4.29. The standard InChI is InChI=1S/C10H18O2/c1-6-8(7-2)12-9(11)10(3,4)5/h6H,7H2,1-5H3. The van der Waals surface area contributed by atoms with Gasteiger partial charge in [0.05, 0.1) is 5.41 Å². The van der Waals surface area contributed by atoms with E-state index in [-0.39, 0.29) is 5.97 Å². The fraction of sp³-hybridized carbons (Fsp3) is 0.700. The summed E-state index contributed by atoms with van der Waals surface area (Å²) in [5, 5.41) is 0. The minimum absolute atomic E-state index is 0.169. The molecule has 2 nitrogen and oxygen atoms in total. The Hall–Kier alpha value is -0.790. The molecule has 0 aromatic heterocycles. The van der Waals surface area contributed by atoms with Crippen LogP contribution in [0.2, 0.25) is 0 Å². The molecule has 0 spiro atoms. The molecule has 0 atom stereocenters. The van der Waals surface area contributed by atoms with Crippen molar-refractivity contribution < 1.29 is 9.53 Å². The Morgan fingerprint density at radius 1 is 1.42 bits per heavy atom. The van der Waals surface area contributed by atoms with Crippen molar-refractivity contribution in [2.24, 2.45) is 5.41 Å². The molecule has 0 aromatic carbocycles. The zero-order chi connectivity index (χ0) is 9.78. The molecule has 0 rings (SSSR count). The molecule has 0 N–H and O–H groups in total. The SMILES string of the molecule is CC=C(CC)OC(=O)C(C)(C)C. The number of rotatable bonds is 2. The van der Waals surface area contributed by atoms with Gasteiger partial charge in [0, 0.05) is 6.42 Å². The van der Waals surface area contributed by atoms with Gasteiger partial charge in [-0.1, -0.05) is 6.92 Å². The van der Waals surface area contributed by atoms with Crippen LogP contribution in [-0.4, -0.2) is 5.97 Å². The molecule has 0 saturated carbocycles. The highest BCUT2D eigenvalue weighted by Crippen LogP contribution is 2.18. The normalized spacial score (nSPS) is 12.9. The zero-order valence-electron chi connectivity index (χ0n) is 8.60. The molecule has 0 aromatic rings. The molecule has 70 valence electrons. The highest BCUT2D eigenvalue weighted by molar-refractivity contribution is 5.76. The third-order valence-electron chi connectivity index (χ3n) is 1.51. The molecule has 0 bridgehead atoms. The van der Waals surface area contributed by atoms with Crippen LogP contribution < -0.4 is 0 Å². The summed E-state index contributed by atoms with van der Waals surface area (Å²) in [5.41, 5.74) is -0.413. The average Bonchev–Trinajstić information content (AvgIpc) is 1.97. The molecule has 0 radical (unpaired) electrons. The van der Waals surface area contributed by atoms with Crippen molar-refractivity contribution in [3.63, 3.8) is 0 Å². The first-order chi connectivity index (χ1) is 5.41.